The van der Waals surface area contributed by atoms with Crippen molar-refractivity contribution < 1.29 is 32.6 Å². The molecule has 0 aromatic rings. The lowest BCUT2D eigenvalue weighted by molar-refractivity contribution is -0.177. The van der Waals surface area contributed by atoms with Gasteiger partial charge in [-0.05, 0) is 31.6 Å². The molecule has 0 N–H and O–H groups in total. The van der Waals surface area contributed by atoms with Gasteiger partial charge in [-0.15, -0.1) is 0 Å². The van der Waals surface area contributed by atoms with Crippen molar-refractivity contribution in [2.75, 3.05) is 13.9 Å². The zero-order valence-electron chi connectivity index (χ0n) is 13.6. The fraction of sp³-hybridized carbons (Fsp3) is 0.875. The number of methoxy groups -OCH3 is 1. The van der Waals surface area contributed by atoms with E-state index < -0.39 is 23.4 Å². The van der Waals surface area contributed by atoms with Crippen LogP contribution in [0.25, 0.3) is 0 Å². The molecule has 0 aliphatic heterocycles. The number of carbonyl (C=O) groups excluding carboxylic acids is 2. The van der Waals surface area contributed by atoms with Crippen LogP contribution in [0.2, 0.25) is 0 Å². The third kappa shape index (κ3) is 2.53. The molecular formula is C16H22F2O5. The summed E-state index contributed by atoms with van der Waals surface area (Å²) < 4.78 is 41.1. The number of esters is 2. The summed E-state index contributed by atoms with van der Waals surface area (Å²) in [6.45, 7) is 2.49. The van der Waals surface area contributed by atoms with Crippen molar-refractivity contribution in [3.8, 4) is 0 Å². The molecule has 7 heteroatoms. The minimum atomic E-state index is -3.48. The Balaban J connectivity index is 1.72. The number of rotatable bonds is 5. The van der Waals surface area contributed by atoms with Crippen LogP contribution in [-0.2, 0) is 23.8 Å². The van der Waals surface area contributed by atoms with Crippen molar-refractivity contribution in [1.82, 2.24) is 0 Å². The Morgan fingerprint density at radius 3 is 2.57 bits per heavy atom. The average molecular weight is 332 g/mol. The molecule has 3 aliphatic rings. The molecule has 0 amide bonds. The van der Waals surface area contributed by atoms with Crippen LogP contribution >= 0.6 is 0 Å². The number of alkyl halides is 2. The third-order valence-corrected chi connectivity index (χ3v) is 5.64. The predicted octanol–water partition coefficient (Wildman–Crippen LogP) is 2.53. The summed E-state index contributed by atoms with van der Waals surface area (Å²) in [4.78, 5) is 23.9. The maximum atomic E-state index is 13.1. The predicted molar refractivity (Wildman–Crippen MR) is 74.5 cm³/mol. The first-order valence-corrected chi connectivity index (χ1v) is 7.90. The number of fused-ring (bicyclic) bond motifs is 1. The van der Waals surface area contributed by atoms with Crippen molar-refractivity contribution in [3.63, 3.8) is 0 Å². The van der Waals surface area contributed by atoms with Gasteiger partial charge in [0.05, 0.1) is 5.41 Å². The van der Waals surface area contributed by atoms with E-state index in [9.17, 15) is 18.4 Å². The average Bonchev–Trinajstić information content (AvgIpc) is 2.86. The van der Waals surface area contributed by atoms with Gasteiger partial charge in [0, 0.05) is 25.4 Å². The van der Waals surface area contributed by atoms with Crippen LogP contribution in [0.1, 0.15) is 39.5 Å². The van der Waals surface area contributed by atoms with Gasteiger partial charge >= 0.3 is 17.9 Å². The van der Waals surface area contributed by atoms with Crippen LogP contribution in [-0.4, -0.2) is 37.9 Å². The molecule has 3 fully saturated rings. The van der Waals surface area contributed by atoms with Gasteiger partial charge in [-0.3, -0.25) is 4.79 Å². The van der Waals surface area contributed by atoms with Gasteiger partial charge < -0.3 is 14.2 Å². The maximum Gasteiger partial charge on any atom is 0.376 e. The Morgan fingerprint density at radius 1 is 1.26 bits per heavy atom. The lowest BCUT2D eigenvalue weighted by Crippen LogP contribution is -2.41. The lowest BCUT2D eigenvalue weighted by Gasteiger charge is -2.38. The summed E-state index contributed by atoms with van der Waals surface area (Å²) in [6.07, 6.45) is 2.10. The van der Waals surface area contributed by atoms with Gasteiger partial charge in [0.25, 0.3) is 0 Å². The van der Waals surface area contributed by atoms with E-state index in [4.69, 9.17) is 14.2 Å². The Bertz CT molecular complexity index is 531. The largest absolute Gasteiger partial charge is 0.457 e. The number of halogens is 2. The van der Waals surface area contributed by atoms with E-state index >= 15 is 0 Å². The van der Waals surface area contributed by atoms with Crippen molar-refractivity contribution in [2.24, 2.45) is 22.7 Å². The highest BCUT2D eigenvalue weighted by Crippen LogP contribution is 2.77. The molecule has 5 unspecified atom stereocenters. The van der Waals surface area contributed by atoms with E-state index in [1.54, 1.807) is 0 Å². The smallest absolute Gasteiger partial charge is 0.376 e. The maximum absolute atomic E-state index is 13.1. The molecule has 2 bridgehead atoms. The minimum absolute atomic E-state index is 0.0196. The first kappa shape index (κ1) is 16.6. The van der Waals surface area contributed by atoms with E-state index in [2.05, 4.69) is 0 Å². The van der Waals surface area contributed by atoms with E-state index in [0.29, 0.717) is 19.8 Å². The highest BCUT2D eigenvalue weighted by molar-refractivity contribution is 5.80. The first-order valence-electron chi connectivity index (χ1n) is 7.90. The Labute approximate surface area is 133 Å². The second-order valence-electron chi connectivity index (χ2n) is 7.57. The summed E-state index contributed by atoms with van der Waals surface area (Å²) in [5, 5.41) is 0. The topological polar surface area (TPSA) is 61.8 Å². The van der Waals surface area contributed by atoms with Gasteiger partial charge in [0.15, 0.2) is 6.79 Å². The van der Waals surface area contributed by atoms with Crippen molar-refractivity contribution in [2.45, 2.75) is 51.6 Å². The monoisotopic (exact) mass is 332 g/mol. The summed E-state index contributed by atoms with van der Waals surface area (Å²) in [5.41, 5.74) is -0.914. The molecule has 1 spiro atoms. The van der Waals surface area contributed by atoms with Gasteiger partial charge in [-0.1, -0.05) is 6.92 Å². The second kappa shape index (κ2) is 5.13. The third-order valence-electron chi connectivity index (χ3n) is 5.64. The van der Waals surface area contributed by atoms with Crippen molar-refractivity contribution in [1.29, 1.82) is 0 Å². The molecule has 5 atom stereocenters. The van der Waals surface area contributed by atoms with E-state index in [0.717, 1.165) is 12.8 Å². The fourth-order valence-corrected chi connectivity index (χ4v) is 5.01. The molecule has 3 saturated carbocycles. The van der Waals surface area contributed by atoms with Crippen LogP contribution in [0.15, 0.2) is 0 Å². The highest BCUT2D eigenvalue weighted by atomic mass is 19.3. The van der Waals surface area contributed by atoms with Crippen LogP contribution in [0, 0.1) is 22.7 Å². The van der Waals surface area contributed by atoms with Gasteiger partial charge in [0.2, 0.25) is 0 Å². The molecule has 3 rings (SSSR count). The Morgan fingerprint density at radius 2 is 1.96 bits per heavy atom. The molecular weight excluding hydrogens is 310 g/mol. The standard InChI is InChI=1S/C16H22F2O5/c1-9-4-15(13(20)22-8-21-3)6-10-11(16(10,5-9)7-15)23-12(19)14(2,17)18/h9-11H,4-8H2,1-3H3. The number of hydrogen-bond donors (Lipinski definition) is 0. The normalized spacial score (nSPS) is 41.2. The molecule has 0 aromatic heterocycles. The zero-order valence-corrected chi connectivity index (χ0v) is 13.6. The first-order chi connectivity index (χ1) is 10.6. The van der Waals surface area contributed by atoms with Gasteiger partial charge in [-0.25, -0.2) is 4.79 Å². The number of carbonyl (C=O) groups is 2. The molecule has 0 radical (unpaired) electrons. The molecule has 0 saturated heterocycles. The summed E-state index contributed by atoms with van der Waals surface area (Å²) in [5.74, 6) is -5.01. The molecule has 5 nitrogen and oxygen atoms in total. The molecule has 23 heavy (non-hydrogen) atoms. The van der Waals surface area contributed by atoms with Crippen LogP contribution in [0.3, 0.4) is 0 Å². The van der Waals surface area contributed by atoms with Crippen molar-refractivity contribution in [3.05, 3.63) is 0 Å². The van der Waals surface area contributed by atoms with E-state index in [1.807, 2.05) is 6.92 Å². The van der Waals surface area contributed by atoms with Crippen LogP contribution < -0.4 is 0 Å². The Hall–Kier alpha value is -1.24. The van der Waals surface area contributed by atoms with Crippen molar-refractivity contribution >= 4 is 11.9 Å². The summed E-state index contributed by atoms with van der Waals surface area (Å²) in [7, 11) is 1.45. The summed E-state index contributed by atoms with van der Waals surface area (Å²) >= 11 is 0. The van der Waals surface area contributed by atoms with Gasteiger partial charge in [0.1, 0.15) is 6.10 Å². The molecule has 130 valence electrons. The van der Waals surface area contributed by atoms with Gasteiger partial charge in [-0.2, -0.15) is 8.78 Å². The second-order valence-corrected chi connectivity index (χ2v) is 7.57. The summed E-state index contributed by atoms with van der Waals surface area (Å²) in [6, 6.07) is 0. The SMILES string of the molecule is COCOC(=O)C12CC(C)CC3(C1)C(C2)C3OC(=O)C(C)(F)F. The number of ether oxygens (including phenoxy) is 3. The Kier molecular flexibility index (Phi) is 3.70. The molecule has 0 heterocycles. The van der Waals surface area contributed by atoms with E-state index in [-0.39, 0.29) is 30.0 Å². The lowest BCUT2D eigenvalue weighted by atomic mass is 9.67. The molecule has 0 aromatic carbocycles. The molecule has 3 aliphatic carbocycles. The fourth-order valence-electron chi connectivity index (χ4n) is 5.01. The van der Waals surface area contributed by atoms with E-state index in [1.165, 1.54) is 7.11 Å². The highest BCUT2D eigenvalue weighted by Gasteiger charge is 2.78. The zero-order chi connectivity index (χ0) is 17.0. The number of hydrogen-bond acceptors (Lipinski definition) is 5. The minimum Gasteiger partial charge on any atom is -0.457 e. The quantitative estimate of drug-likeness (QED) is 0.572. The van der Waals surface area contributed by atoms with Crippen LogP contribution in [0.5, 0.6) is 0 Å². The van der Waals surface area contributed by atoms with Crippen LogP contribution in [0.4, 0.5) is 8.78 Å².